The molecule has 164 valence electrons. The molecule has 2 aliphatic heterocycles. The highest BCUT2D eigenvalue weighted by Gasteiger charge is 2.26. The van der Waals surface area contributed by atoms with Crippen LogP contribution in [0.5, 0.6) is 11.6 Å². The number of ether oxygens (including phenoxy) is 2. The minimum absolute atomic E-state index is 0.0290. The number of amides is 2. The van der Waals surface area contributed by atoms with E-state index in [0.29, 0.717) is 36.0 Å². The number of nitrogens with one attached hydrogen (secondary N) is 2. The summed E-state index contributed by atoms with van der Waals surface area (Å²) in [6.07, 6.45) is 4.78. The Morgan fingerprint density at radius 3 is 2.65 bits per heavy atom. The molecule has 2 aromatic heterocycles. The van der Waals surface area contributed by atoms with Gasteiger partial charge in [-0.1, -0.05) is 0 Å². The first-order chi connectivity index (χ1) is 15.0. The molecule has 0 spiro atoms. The Morgan fingerprint density at radius 1 is 1.16 bits per heavy atom. The van der Waals surface area contributed by atoms with Crippen molar-refractivity contribution in [3.8, 4) is 11.6 Å². The van der Waals surface area contributed by atoms with Gasteiger partial charge in [-0.2, -0.15) is 0 Å². The van der Waals surface area contributed by atoms with E-state index in [4.69, 9.17) is 14.9 Å². The molecule has 0 radical (unpaired) electrons. The second kappa shape index (κ2) is 8.66. The van der Waals surface area contributed by atoms with Gasteiger partial charge in [-0.15, -0.1) is 0 Å². The Balaban J connectivity index is 1.67. The van der Waals surface area contributed by atoms with E-state index >= 15 is 0 Å². The van der Waals surface area contributed by atoms with Crippen molar-refractivity contribution in [1.82, 2.24) is 19.8 Å². The first-order valence-electron chi connectivity index (χ1n) is 10.3. The van der Waals surface area contributed by atoms with Crippen molar-refractivity contribution < 1.29 is 19.1 Å². The van der Waals surface area contributed by atoms with Gasteiger partial charge in [0.2, 0.25) is 5.88 Å². The topological polar surface area (TPSA) is 113 Å². The first-order valence-corrected chi connectivity index (χ1v) is 10.3. The number of hydrogen-bond acceptors (Lipinski definition) is 7. The number of carbonyl (C=O) groups is 2. The Bertz CT molecular complexity index is 1060. The van der Waals surface area contributed by atoms with Gasteiger partial charge < -0.3 is 24.6 Å². The Kier molecular flexibility index (Phi) is 5.79. The number of fused-ring (bicyclic) bond motifs is 1. The lowest BCUT2D eigenvalue weighted by Gasteiger charge is -2.31. The van der Waals surface area contributed by atoms with Gasteiger partial charge in [-0.05, 0) is 25.3 Å². The molecule has 0 aromatic carbocycles. The molecule has 0 aliphatic carbocycles. The highest BCUT2D eigenvalue weighted by molar-refractivity contribution is 5.95. The number of hydrogen-bond donors (Lipinski definition) is 2. The standard InChI is InChI=1S/C21H26N6O4/c1-23-21(29)27-17(22)11-15(12-18(27)30-2)26-8-9-31-16-10-14(13-24-19(16)26)20(28)25-6-4-3-5-7-25/h10-13,22H,3-9H2,1-2H3,(H,23,29). The molecular formula is C21H26N6O4. The van der Waals surface area contributed by atoms with Crippen LogP contribution in [0.2, 0.25) is 0 Å². The summed E-state index contributed by atoms with van der Waals surface area (Å²) in [4.78, 5) is 33.2. The molecule has 0 bridgehead atoms. The first kappa shape index (κ1) is 20.7. The zero-order valence-corrected chi connectivity index (χ0v) is 17.7. The van der Waals surface area contributed by atoms with Crippen LogP contribution in [0.15, 0.2) is 24.4 Å². The average Bonchev–Trinajstić information content (AvgIpc) is 2.82. The molecule has 0 atom stereocenters. The van der Waals surface area contributed by atoms with Crippen LogP contribution in [-0.4, -0.2) is 66.8 Å². The van der Waals surface area contributed by atoms with Crippen LogP contribution in [0.3, 0.4) is 0 Å². The monoisotopic (exact) mass is 426 g/mol. The van der Waals surface area contributed by atoms with Crippen LogP contribution in [0.25, 0.3) is 0 Å². The zero-order valence-electron chi connectivity index (χ0n) is 17.7. The van der Waals surface area contributed by atoms with Gasteiger partial charge in [0.1, 0.15) is 12.1 Å². The number of methoxy groups -OCH3 is 1. The third-order valence-corrected chi connectivity index (χ3v) is 5.51. The predicted molar refractivity (Wildman–Crippen MR) is 113 cm³/mol. The fourth-order valence-corrected chi connectivity index (χ4v) is 3.93. The lowest BCUT2D eigenvalue weighted by molar-refractivity contribution is 0.0723. The summed E-state index contributed by atoms with van der Waals surface area (Å²) in [6, 6.07) is 4.52. The fraction of sp³-hybridized carbons (Fsp3) is 0.429. The second-order valence-electron chi connectivity index (χ2n) is 7.43. The number of likely N-dealkylation sites (tertiary alicyclic amines) is 1. The molecular weight excluding hydrogens is 400 g/mol. The van der Waals surface area contributed by atoms with Crippen LogP contribution < -0.4 is 25.2 Å². The minimum Gasteiger partial charge on any atom is -0.488 e. The predicted octanol–water partition coefficient (Wildman–Crippen LogP) is 1.72. The minimum atomic E-state index is -0.463. The molecule has 2 N–H and O–H groups in total. The molecule has 10 nitrogen and oxygen atoms in total. The van der Waals surface area contributed by atoms with Crippen molar-refractivity contribution >= 4 is 23.4 Å². The second-order valence-corrected chi connectivity index (χ2v) is 7.43. The van der Waals surface area contributed by atoms with Crippen LogP contribution in [0, 0.1) is 5.41 Å². The number of anilines is 2. The van der Waals surface area contributed by atoms with E-state index in [9.17, 15) is 9.59 Å². The van der Waals surface area contributed by atoms with Crippen molar-refractivity contribution in [3.63, 3.8) is 0 Å². The molecule has 2 aliphatic rings. The van der Waals surface area contributed by atoms with Crippen LogP contribution in [-0.2, 0) is 0 Å². The molecule has 0 unspecified atom stereocenters. The third kappa shape index (κ3) is 3.92. The summed E-state index contributed by atoms with van der Waals surface area (Å²) in [7, 11) is 2.94. The third-order valence-electron chi connectivity index (χ3n) is 5.51. The van der Waals surface area contributed by atoms with Gasteiger partial charge in [0.25, 0.3) is 5.91 Å². The molecule has 10 heteroatoms. The summed E-state index contributed by atoms with van der Waals surface area (Å²) < 4.78 is 12.3. The van der Waals surface area contributed by atoms with E-state index in [1.54, 1.807) is 24.4 Å². The maximum Gasteiger partial charge on any atom is 0.329 e. The van der Waals surface area contributed by atoms with Crippen molar-refractivity contribution in [2.45, 2.75) is 19.3 Å². The summed E-state index contributed by atoms with van der Waals surface area (Å²) in [5, 5.41) is 10.8. The number of piperidine rings is 1. The lowest BCUT2D eigenvalue weighted by atomic mass is 10.1. The summed E-state index contributed by atoms with van der Waals surface area (Å²) in [5.74, 6) is 1.27. The number of nitrogens with zero attached hydrogens (tertiary/aromatic N) is 4. The lowest BCUT2D eigenvalue weighted by Crippen LogP contribution is -2.37. The summed E-state index contributed by atoms with van der Waals surface area (Å²) in [6.45, 7) is 2.44. The van der Waals surface area contributed by atoms with E-state index in [1.807, 2.05) is 9.80 Å². The number of rotatable bonds is 3. The van der Waals surface area contributed by atoms with Gasteiger partial charge in [0.15, 0.2) is 11.6 Å². The maximum atomic E-state index is 12.8. The molecule has 4 heterocycles. The van der Waals surface area contributed by atoms with Crippen LogP contribution in [0.4, 0.5) is 16.3 Å². The normalized spacial score (nSPS) is 15.7. The van der Waals surface area contributed by atoms with E-state index < -0.39 is 6.03 Å². The zero-order chi connectivity index (χ0) is 22.0. The van der Waals surface area contributed by atoms with Crippen molar-refractivity contribution in [3.05, 3.63) is 35.4 Å². The number of pyridine rings is 2. The number of aromatic nitrogens is 2. The van der Waals surface area contributed by atoms with Gasteiger partial charge in [0, 0.05) is 38.5 Å². The smallest absolute Gasteiger partial charge is 0.329 e. The van der Waals surface area contributed by atoms with Crippen LogP contribution in [0.1, 0.15) is 29.6 Å². The van der Waals surface area contributed by atoms with E-state index in [2.05, 4.69) is 10.3 Å². The van der Waals surface area contributed by atoms with Crippen molar-refractivity contribution in [2.24, 2.45) is 0 Å². The quantitative estimate of drug-likeness (QED) is 0.773. The molecule has 2 aromatic rings. The Labute approximate surface area is 179 Å². The van der Waals surface area contributed by atoms with Gasteiger partial charge in [-0.3, -0.25) is 10.2 Å². The van der Waals surface area contributed by atoms with Crippen molar-refractivity contribution in [2.75, 3.05) is 45.3 Å². The molecule has 1 saturated heterocycles. The molecule has 31 heavy (non-hydrogen) atoms. The van der Waals surface area contributed by atoms with Gasteiger partial charge in [0.05, 0.1) is 24.9 Å². The molecule has 4 rings (SSSR count). The molecule has 0 saturated carbocycles. The van der Waals surface area contributed by atoms with E-state index in [0.717, 1.165) is 36.9 Å². The van der Waals surface area contributed by atoms with E-state index in [-0.39, 0.29) is 17.3 Å². The summed E-state index contributed by atoms with van der Waals surface area (Å²) >= 11 is 0. The Morgan fingerprint density at radius 2 is 1.94 bits per heavy atom. The average molecular weight is 426 g/mol. The fourth-order valence-electron chi connectivity index (χ4n) is 3.93. The highest BCUT2D eigenvalue weighted by atomic mass is 16.5. The Hall–Kier alpha value is -3.56. The van der Waals surface area contributed by atoms with E-state index in [1.165, 1.54) is 14.2 Å². The van der Waals surface area contributed by atoms with Crippen LogP contribution >= 0.6 is 0 Å². The molecule has 1 fully saturated rings. The van der Waals surface area contributed by atoms with Gasteiger partial charge >= 0.3 is 6.03 Å². The highest BCUT2D eigenvalue weighted by Crippen LogP contribution is 2.36. The number of carbonyl (C=O) groups excluding carboxylic acids is 2. The largest absolute Gasteiger partial charge is 0.488 e. The van der Waals surface area contributed by atoms with Crippen molar-refractivity contribution in [1.29, 1.82) is 5.41 Å². The van der Waals surface area contributed by atoms with Gasteiger partial charge in [-0.25, -0.2) is 14.3 Å². The summed E-state index contributed by atoms with van der Waals surface area (Å²) in [5.41, 5.74) is 1.12. The maximum absolute atomic E-state index is 12.8. The SMILES string of the molecule is CNC(=O)n1c(OC)cc(N2CCOc3cc(C(=O)N4CCCCC4)cnc32)cc1=N. The molecule has 2 amide bonds.